The van der Waals surface area contributed by atoms with Crippen molar-refractivity contribution in [3.63, 3.8) is 0 Å². The summed E-state index contributed by atoms with van der Waals surface area (Å²) in [5.74, 6) is 4.37. The van der Waals surface area contributed by atoms with Gasteiger partial charge in [-0.25, -0.2) is 4.98 Å². The van der Waals surface area contributed by atoms with Gasteiger partial charge in [0.25, 0.3) is 0 Å². The van der Waals surface area contributed by atoms with E-state index in [0.717, 1.165) is 58.6 Å². The first kappa shape index (κ1) is 32.7. The molecule has 0 N–H and O–H groups in total. The monoisotopic (exact) mass is 666 g/mol. The molecule has 2 heterocycles. The lowest BCUT2D eigenvalue weighted by Gasteiger charge is -2.13. The minimum atomic E-state index is 0.515. The average Bonchev–Trinajstić information content (AvgIpc) is 3.81. The van der Waals surface area contributed by atoms with Crippen molar-refractivity contribution in [2.45, 2.75) is 25.7 Å². The highest BCUT2D eigenvalue weighted by Gasteiger charge is 2.18. The van der Waals surface area contributed by atoms with E-state index in [2.05, 4.69) is 23.4 Å². The Morgan fingerprint density at radius 2 is 1.27 bits per heavy atom. The van der Waals surface area contributed by atoms with Crippen LogP contribution in [0.2, 0.25) is 0 Å². The fourth-order valence-corrected chi connectivity index (χ4v) is 6.31. The van der Waals surface area contributed by atoms with Crippen LogP contribution < -0.4 is 28.4 Å². The summed E-state index contributed by atoms with van der Waals surface area (Å²) >= 11 is 1.70. The SMILES string of the molecule is COc1ccc(-c2cc(-c3cc(OC)c(OC)c(OC)c3)no2)cc1OCCCCCCOc1ccc(-c2nc3ccccc3s2)cc1. The Morgan fingerprint density at radius 1 is 0.604 bits per heavy atom. The van der Waals surface area contributed by atoms with E-state index in [1.54, 1.807) is 39.8 Å². The lowest BCUT2D eigenvalue weighted by molar-refractivity contribution is 0.277. The number of benzene rings is 4. The smallest absolute Gasteiger partial charge is 0.203 e. The summed E-state index contributed by atoms with van der Waals surface area (Å²) in [5.41, 5.74) is 4.36. The topological polar surface area (TPSA) is 94.3 Å². The van der Waals surface area contributed by atoms with Crippen LogP contribution in [-0.4, -0.2) is 51.8 Å². The van der Waals surface area contributed by atoms with Crippen molar-refractivity contribution < 1.29 is 32.9 Å². The second-order valence-electron chi connectivity index (χ2n) is 11.0. The van der Waals surface area contributed by atoms with Gasteiger partial charge in [0.1, 0.15) is 16.5 Å². The van der Waals surface area contributed by atoms with Crippen LogP contribution in [0.4, 0.5) is 0 Å². The predicted octanol–water partition coefficient (Wildman–Crippen LogP) is 9.34. The number of hydrogen-bond donors (Lipinski definition) is 0. The molecular formula is C38H38N2O7S. The molecule has 0 radical (unpaired) electrons. The molecule has 0 fully saturated rings. The van der Waals surface area contributed by atoms with Crippen LogP contribution in [-0.2, 0) is 0 Å². The van der Waals surface area contributed by atoms with Gasteiger partial charge in [-0.2, -0.15) is 0 Å². The molecule has 48 heavy (non-hydrogen) atoms. The summed E-state index contributed by atoms with van der Waals surface area (Å²) in [5, 5.41) is 5.31. The van der Waals surface area contributed by atoms with E-state index in [0.29, 0.717) is 53.4 Å². The van der Waals surface area contributed by atoms with Crippen molar-refractivity contribution >= 4 is 21.6 Å². The van der Waals surface area contributed by atoms with Crippen molar-refractivity contribution in [2.24, 2.45) is 0 Å². The molecule has 0 atom stereocenters. The molecule has 0 bridgehead atoms. The summed E-state index contributed by atoms with van der Waals surface area (Å²) in [6, 6.07) is 27.6. The van der Waals surface area contributed by atoms with Crippen molar-refractivity contribution in [3.05, 3.63) is 84.9 Å². The van der Waals surface area contributed by atoms with Crippen molar-refractivity contribution in [1.29, 1.82) is 0 Å². The summed E-state index contributed by atoms with van der Waals surface area (Å²) < 4.78 is 41.0. The fourth-order valence-electron chi connectivity index (χ4n) is 5.34. The number of unbranched alkanes of at least 4 members (excludes halogenated alkanes) is 3. The van der Waals surface area contributed by atoms with Crippen LogP contribution in [0.5, 0.6) is 34.5 Å². The third-order valence-electron chi connectivity index (χ3n) is 7.88. The van der Waals surface area contributed by atoms with E-state index >= 15 is 0 Å². The first-order valence-electron chi connectivity index (χ1n) is 15.8. The van der Waals surface area contributed by atoms with E-state index in [4.69, 9.17) is 37.9 Å². The number of aromatic nitrogens is 2. The van der Waals surface area contributed by atoms with Gasteiger partial charge in [0, 0.05) is 22.8 Å². The average molecular weight is 667 g/mol. The zero-order chi connectivity index (χ0) is 33.3. The van der Waals surface area contributed by atoms with Gasteiger partial charge in [-0.1, -0.05) is 17.3 Å². The third-order valence-corrected chi connectivity index (χ3v) is 8.96. The Labute approximate surface area is 283 Å². The number of methoxy groups -OCH3 is 4. The van der Waals surface area contributed by atoms with Crippen molar-refractivity contribution in [1.82, 2.24) is 10.1 Å². The largest absolute Gasteiger partial charge is 0.494 e. The Bertz CT molecular complexity index is 1890. The van der Waals surface area contributed by atoms with E-state index in [1.165, 1.54) is 4.70 Å². The Kier molecular flexibility index (Phi) is 10.6. The Morgan fingerprint density at radius 3 is 1.96 bits per heavy atom. The maximum absolute atomic E-state index is 6.14. The van der Waals surface area contributed by atoms with Gasteiger partial charge in [0.05, 0.1) is 51.9 Å². The molecule has 248 valence electrons. The lowest BCUT2D eigenvalue weighted by atomic mass is 10.1. The van der Waals surface area contributed by atoms with Crippen molar-refractivity contribution in [2.75, 3.05) is 41.7 Å². The van der Waals surface area contributed by atoms with Crippen molar-refractivity contribution in [3.8, 4) is 67.6 Å². The minimum Gasteiger partial charge on any atom is -0.494 e. The molecule has 0 saturated heterocycles. The summed E-state index contributed by atoms with van der Waals surface area (Å²) in [6.45, 7) is 1.24. The van der Waals surface area contributed by atoms with Gasteiger partial charge < -0.3 is 32.9 Å². The van der Waals surface area contributed by atoms with Gasteiger partial charge in [0.15, 0.2) is 28.8 Å². The molecule has 0 saturated carbocycles. The van der Waals surface area contributed by atoms with E-state index in [9.17, 15) is 0 Å². The maximum Gasteiger partial charge on any atom is 0.203 e. The van der Waals surface area contributed by atoms with E-state index in [1.807, 2.05) is 66.7 Å². The number of hydrogen-bond acceptors (Lipinski definition) is 10. The Balaban J connectivity index is 0.967. The second-order valence-corrected chi connectivity index (χ2v) is 12.0. The molecule has 0 aliphatic rings. The lowest BCUT2D eigenvalue weighted by Crippen LogP contribution is -2.01. The maximum atomic E-state index is 6.14. The quantitative estimate of drug-likeness (QED) is 0.0937. The molecule has 10 heteroatoms. The first-order chi connectivity index (χ1) is 23.6. The van der Waals surface area contributed by atoms with Gasteiger partial charge in [-0.15, -0.1) is 11.3 Å². The summed E-state index contributed by atoms with van der Waals surface area (Å²) in [6.07, 6.45) is 3.96. The normalized spacial score (nSPS) is 11.0. The number of thiazole rings is 1. The molecule has 0 unspecified atom stereocenters. The molecule has 0 aliphatic heterocycles. The van der Waals surface area contributed by atoms with E-state index < -0.39 is 0 Å². The molecule has 6 rings (SSSR count). The van der Waals surface area contributed by atoms with Crippen LogP contribution in [0.15, 0.2) is 89.5 Å². The number of para-hydroxylation sites is 1. The number of ether oxygens (including phenoxy) is 6. The van der Waals surface area contributed by atoms with Gasteiger partial charge in [-0.05, 0) is 92.4 Å². The van der Waals surface area contributed by atoms with Crippen LogP contribution in [0.25, 0.3) is 43.4 Å². The molecular weight excluding hydrogens is 628 g/mol. The van der Waals surface area contributed by atoms with Crippen LogP contribution in [0.1, 0.15) is 25.7 Å². The van der Waals surface area contributed by atoms with E-state index in [-0.39, 0.29) is 0 Å². The van der Waals surface area contributed by atoms with Crippen LogP contribution >= 0.6 is 11.3 Å². The molecule has 0 amide bonds. The zero-order valence-corrected chi connectivity index (χ0v) is 28.3. The predicted molar refractivity (Wildman–Crippen MR) is 188 cm³/mol. The molecule has 6 aromatic rings. The van der Waals surface area contributed by atoms with Crippen LogP contribution in [0.3, 0.4) is 0 Å². The highest BCUT2D eigenvalue weighted by molar-refractivity contribution is 7.21. The first-order valence-corrected chi connectivity index (χ1v) is 16.6. The standard InChI is InChI=1S/C38H38N2O7S/c1-41-31-18-15-26(32-24-30(40-47-32)27-22-34(42-2)37(44-4)35(23-27)43-3)21-33(31)46-20-10-6-5-9-19-45-28-16-13-25(14-17-28)38-39-29-11-7-8-12-36(29)48-38/h7-8,11-18,21-24H,5-6,9-10,19-20H2,1-4H3. The van der Waals surface area contributed by atoms with Gasteiger partial charge >= 0.3 is 0 Å². The number of fused-ring (bicyclic) bond motifs is 1. The second kappa shape index (κ2) is 15.6. The third kappa shape index (κ3) is 7.50. The number of nitrogens with zero attached hydrogens (tertiary/aromatic N) is 2. The molecule has 2 aromatic heterocycles. The molecule has 9 nitrogen and oxygen atoms in total. The summed E-state index contributed by atoms with van der Waals surface area (Å²) in [7, 11) is 6.36. The number of rotatable bonds is 16. The highest BCUT2D eigenvalue weighted by atomic mass is 32.1. The molecule has 0 spiro atoms. The van der Waals surface area contributed by atoms with Gasteiger partial charge in [-0.3, -0.25) is 0 Å². The summed E-state index contributed by atoms with van der Waals surface area (Å²) in [4.78, 5) is 4.74. The highest BCUT2D eigenvalue weighted by Crippen LogP contribution is 2.42. The Hall–Kier alpha value is -5.22. The molecule has 0 aliphatic carbocycles. The van der Waals surface area contributed by atoms with Gasteiger partial charge in [0.2, 0.25) is 5.75 Å². The fraction of sp³-hybridized carbons (Fsp3) is 0.263. The van der Waals surface area contributed by atoms with Crippen LogP contribution in [0, 0.1) is 0 Å². The zero-order valence-electron chi connectivity index (χ0n) is 27.5. The minimum absolute atomic E-state index is 0.515. The molecule has 4 aromatic carbocycles.